The number of alkyl halides is 8. The monoisotopic (exact) mass is 1720 g/mol. The van der Waals surface area contributed by atoms with E-state index in [1.165, 1.54) is 72.9 Å². The fourth-order valence-electron chi connectivity index (χ4n) is 13.9. The van der Waals surface area contributed by atoms with Crippen molar-refractivity contribution >= 4 is 99.1 Å². The number of pyridine rings is 3. The Balaban J connectivity index is 0.000000137. The molecule has 1 amide bonds. The van der Waals surface area contributed by atoms with Gasteiger partial charge < -0.3 is 30.2 Å². The third-order valence-electron chi connectivity index (χ3n) is 19.6. The topological polar surface area (TPSA) is 378 Å². The highest BCUT2D eigenvalue weighted by Crippen LogP contribution is 2.35. The maximum Gasteiger partial charge on any atom is 0.282 e. The minimum Gasteiger partial charge on any atom is -0.373 e. The van der Waals surface area contributed by atoms with Crippen LogP contribution in [0.3, 0.4) is 0 Å². The molecule has 5 N–H and O–H groups in total. The molecule has 0 aromatic carbocycles. The number of amides is 1. The van der Waals surface area contributed by atoms with Crippen LogP contribution in [0.15, 0.2) is 128 Å². The number of piperazine rings is 1. The lowest BCUT2D eigenvalue weighted by Crippen LogP contribution is -2.48. The summed E-state index contributed by atoms with van der Waals surface area (Å²) in [5.41, 5.74) is 5.96. The Labute approximate surface area is 676 Å². The molecular formula is C73H81ClF8N26O7S3. The summed E-state index contributed by atoms with van der Waals surface area (Å²) in [7, 11) is -7.98. The zero-order chi connectivity index (χ0) is 83.7. The molecule has 4 saturated heterocycles. The van der Waals surface area contributed by atoms with Crippen LogP contribution < -0.4 is 44.4 Å². The number of halogens is 9. The number of fused-ring (bicyclic) bond motifs is 4. The second kappa shape index (κ2) is 36.8. The standard InChI is InChI=1S/C20H25F2N7O2S.C19H21ClF2N6O2S.C18H21F2N7O2S.C16H14F2N6O/c1-23-18-9-14(28-7-3-4-13(12-28)10-25-32(2,30)31)8-16(26-18)17-11-24-19-6-5-15(20(21)22)27-29(17)19;1-31(29,30)24-9-12-3-2-6-27(11-12)18-8-13(7-16(20)25-18)15-10-23-17-5-4-14(19(21)22)26-28(15)17;1-30(28,29)24-8-12-3-2-6-26(10-12)17-7-14(22-11-23-17)15-9-21-16-5-4-13(18(19)20)25-27(15)16;17-16(18)11-1-2-13-21-8-12(24(13)22-11)10-3-4-19-14(7-10)23-6-5-20-15(25)9-23/h5-6,8-9,11,13,20,25H,3-4,7,10,12H2,1-2H3,(H,23,26);4-5,7-8,10,12,19,24H,2-3,6,9,11H2,1H3;4-5,7,9,11-12,18,24H,2-3,6,8,10H2,1H3;1-4,7-8,16H,5-6,9H2,(H,20,25). The quantitative estimate of drug-likeness (QED) is 0.0311. The van der Waals surface area contributed by atoms with Crippen LogP contribution in [0.1, 0.15) is 87.0 Å². The third kappa shape index (κ3) is 21.6. The average molecular weight is 1720 g/mol. The van der Waals surface area contributed by atoms with Crippen LogP contribution in [0.5, 0.6) is 0 Å². The van der Waals surface area contributed by atoms with Crippen molar-refractivity contribution in [2.24, 2.45) is 17.8 Å². The Hall–Kier alpha value is -11.1. The van der Waals surface area contributed by atoms with Crippen molar-refractivity contribution in [3.63, 3.8) is 0 Å². The van der Waals surface area contributed by atoms with Crippen LogP contribution in [-0.2, 0) is 34.9 Å². The van der Waals surface area contributed by atoms with Crippen LogP contribution in [0.2, 0.25) is 5.15 Å². The number of rotatable bonds is 22. The molecule has 33 nitrogen and oxygen atoms in total. The Bertz CT molecular complexity index is 5940. The van der Waals surface area contributed by atoms with E-state index in [-0.39, 0.29) is 58.1 Å². The molecule has 16 rings (SSSR count). The van der Waals surface area contributed by atoms with Gasteiger partial charge in [0, 0.05) is 114 Å². The van der Waals surface area contributed by atoms with Gasteiger partial charge in [0.2, 0.25) is 36.0 Å². The Kier molecular flexibility index (Phi) is 26.5. The van der Waals surface area contributed by atoms with Gasteiger partial charge in [-0.3, -0.25) is 4.79 Å². The number of hydrogen-bond acceptors (Lipinski definition) is 25. The molecule has 0 spiro atoms. The van der Waals surface area contributed by atoms with Gasteiger partial charge in [-0.1, -0.05) is 11.6 Å². The molecule has 626 valence electrons. The normalized spacial score (nSPS) is 17.0. The number of nitrogens with one attached hydrogen (secondary N) is 5. The van der Waals surface area contributed by atoms with E-state index in [1.54, 1.807) is 62.3 Å². The summed E-state index contributed by atoms with van der Waals surface area (Å²) in [5.74, 6) is 3.00. The highest BCUT2D eigenvalue weighted by Gasteiger charge is 2.29. The van der Waals surface area contributed by atoms with Crippen molar-refractivity contribution in [1.82, 2.24) is 103 Å². The first-order valence-corrected chi connectivity index (χ1v) is 43.2. The van der Waals surface area contributed by atoms with Gasteiger partial charge in [0.25, 0.3) is 25.7 Å². The maximum absolute atomic E-state index is 13.2. The van der Waals surface area contributed by atoms with Gasteiger partial charge >= 0.3 is 0 Å². The first kappa shape index (κ1) is 84.8. The van der Waals surface area contributed by atoms with Gasteiger partial charge in [0.05, 0.1) is 72.9 Å². The summed E-state index contributed by atoms with van der Waals surface area (Å²) in [6, 6.07) is 23.6. The molecule has 0 saturated carbocycles. The molecule has 3 unspecified atom stereocenters. The zero-order valence-electron chi connectivity index (χ0n) is 63.8. The number of piperidine rings is 3. The van der Waals surface area contributed by atoms with Crippen LogP contribution in [0, 0.1) is 17.8 Å². The van der Waals surface area contributed by atoms with E-state index in [1.807, 2.05) is 23.1 Å². The van der Waals surface area contributed by atoms with Crippen LogP contribution in [-0.4, -0.2) is 219 Å². The van der Waals surface area contributed by atoms with Crippen molar-refractivity contribution in [3.8, 4) is 45.3 Å². The number of hydrogen-bond donors (Lipinski definition) is 5. The lowest BCUT2D eigenvalue weighted by Gasteiger charge is -2.34. The van der Waals surface area contributed by atoms with Gasteiger partial charge in [-0.25, -0.2) is 137 Å². The number of aromatic nitrogens is 17. The fourth-order valence-corrected chi connectivity index (χ4v) is 15.7. The van der Waals surface area contributed by atoms with Crippen LogP contribution >= 0.6 is 11.6 Å². The van der Waals surface area contributed by atoms with Crippen LogP contribution in [0.4, 0.5) is 64.1 Å². The van der Waals surface area contributed by atoms with Crippen molar-refractivity contribution in [1.29, 1.82) is 0 Å². The Morgan fingerprint density at radius 3 is 1.35 bits per heavy atom. The summed E-state index contributed by atoms with van der Waals surface area (Å²) >= 11 is 6.28. The predicted molar refractivity (Wildman–Crippen MR) is 426 cm³/mol. The molecule has 12 aromatic heterocycles. The van der Waals surface area contributed by atoms with Gasteiger partial charge in [0.15, 0.2) is 22.6 Å². The van der Waals surface area contributed by atoms with E-state index in [4.69, 9.17) is 11.6 Å². The summed E-state index contributed by atoms with van der Waals surface area (Å²) in [6.45, 7) is 6.89. The highest BCUT2D eigenvalue weighted by molar-refractivity contribution is 7.89. The van der Waals surface area contributed by atoms with E-state index in [2.05, 4.69) is 105 Å². The second-order valence-corrected chi connectivity index (χ2v) is 34.3. The van der Waals surface area contributed by atoms with Crippen molar-refractivity contribution < 1.29 is 65.2 Å². The van der Waals surface area contributed by atoms with E-state index < -0.39 is 55.8 Å². The molecule has 12 aromatic rings. The minimum absolute atomic E-state index is 0.0588. The zero-order valence-corrected chi connectivity index (χ0v) is 67.0. The number of sulfonamides is 3. The van der Waals surface area contributed by atoms with E-state index in [0.717, 1.165) is 88.2 Å². The summed E-state index contributed by atoms with van der Waals surface area (Å²) < 4.78 is 186. The fraction of sp³-hybridized carbons (Fsp3) is 0.397. The Morgan fingerprint density at radius 2 is 0.881 bits per heavy atom. The first-order chi connectivity index (χ1) is 56.3. The molecule has 4 aliphatic heterocycles. The van der Waals surface area contributed by atoms with Gasteiger partial charge in [0.1, 0.15) is 68.9 Å². The summed E-state index contributed by atoms with van der Waals surface area (Å²) in [4.78, 5) is 58.6. The molecule has 45 heteroatoms. The number of anilines is 5. The largest absolute Gasteiger partial charge is 0.373 e. The number of carbonyl (C=O) groups excluding carboxylic acids is 1. The number of imidazole rings is 4. The first-order valence-electron chi connectivity index (χ1n) is 37.1. The van der Waals surface area contributed by atoms with Gasteiger partial charge in [-0.15, -0.1) is 0 Å². The van der Waals surface area contributed by atoms with E-state index >= 15 is 0 Å². The minimum atomic E-state index is -3.25. The molecule has 16 heterocycles. The lowest BCUT2D eigenvalue weighted by atomic mass is 9.98. The molecule has 0 aliphatic carbocycles. The molecule has 4 aliphatic rings. The predicted octanol–water partition coefficient (Wildman–Crippen LogP) is 9.24. The summed E-state index contributed by atoms with van der Waals surface area (Å²) in [6.07, 6.45) is 7.49. The van der Waals surface area contributed by atoms with Crippen molar-refractivity contribution in [2.75, 3.05) is 129 Å². The smallest absolute Gasteiger partial charge is 0.282 e. The third-order valence-corrected chi connectivity index (χ3v) is 21.9. The molecule has 4 fully saturated rings. The number of nitrogens with zero attached hydrogens (tertiary/aromatic N) is 21. The second-order valence-electron chi connectivity index (χ2n) is 28.4. The van der Waals surface area contributed by atoms with E-state index in [0.29, 0.717) is 138 Å². The molecular weight excluding hydrogens is 1640 g/mol. The average Bonchev–Trinajstić information content (AvgIpc) is 1.62. The molecule has 118 heavy (non-hydrogen) atoms. The van der Waals surface area contributed by atoms with Crippen LogP contribution in [0.25, 0.3) is 67.9 Å². The molecule has 0 bridgehead atoms. The number of carbonyl (C=O) groups is 1. The van der Waals surface area contributed by atoms with E-state index in [9.17, 15) is 65.2 Å². The van der Waals surface area contributed by atoms with Gasteiger partial charge in [-0.2, -0.15) is 20.4 Å². The maximum atomic E-state index is 13.2. The highest BCUT2D eigenvalue weighted by atomic mass is 35.5. The van der Waals surface area contributed by atoms with Crippen molar-refractivity contribution in [2.45, 2.75) is 64.2 Å². The van der Waals surface area contributed by atoms with Gasteiger partial charge in [-0.05, 0) is 135 Å². The molecule has 3 atom stereocenters. The van der Waals surface area contributed by atoms with Crippen molar-refractivity contribution in [3.05, 3.63) is 156 Å². The Morgan fingerprint density at radius 1 is 0.458 bits per heavy atom. The summed E-state index contributed by atoms with van der Waals surface area (Å²) in [5, 5.41) is 22.0. The SMILES string of the molecule is CNc1cc(N2CCCC(CNS(C)(=O)=O)C2)cc(-c2cnc3ccc(C(F)F)nn23)n1.CS(=O)(=O)NCC1CCCN(c2cc(-c3cnc4ccc(C(F)F)nn34)cc(Cl)n2)C1.CS(=O)(=O)NCC1CCCN(c2cc(-c3cnc4ccc(C(F)F)nn34)ncn2)C1.O=C1CN(c2cc(-c3cnc4ccc(C(F)F)nn34)ccn2)CCN1. The molecule has 0 radical (unpaired) electrons. The lowest BCUT2D eigenvalue weighted by molar-refractivity contribution is -0.120.